The van der Waals surface area contributed by atoms with Crippen LogP contribution in [0, 0.1) is 0 Å². The van der Waals surface area contributed by atoms with Crippen molar-refractivity contribution >= 4 is 5.91 Å². The molecular formula is C22H24N4O. The second-order valence-corrected chi connectivity index (χ2v) is 7.28. The summed E-state index contributed by atoms with van der Waals surface area (Å²) < 4.78 is 0. The quantitative estimate of drug-likeness (QED) is 0.777. The predicted octanol–water partition coefficient (Wildman–Crippen LogP) is 3.19. The Morgan fingerprint density at radius 2 is 1.70 bits per heavy atom. The van der Waals surface area contributed by atoms with Crippen LogP contribution in [0.3, 0.4) is 0 Å². The van der Waals surface area contributed by atoms with Crippen molar-refractivity contribution < 1.29 is 4.79 Å². The van der Waals surface area contributed by atoms with Crippen molar-refractivity contribution in [3.63, 3.8) is 0 Å². The summed E-state index contributed by atoms with van der Waals surface area (Å²) in [5, 5.41) is 7.72. The maximum Gasteiger partial charge on any atom is 0.237 e. The van der Waals surface area contributed by atoms with E-state index in [1.807, 2.05) is 42.1 Å². The molecule has 1 amide bonds. The molecule has 0 saturated carbocycles. The minimum absolute atomic E-state index is 0.164. The van der Waals surface area contributed by atoms with E-state index in [0.29, 0.717) is 13.1 Å². The average molecular weight is 360 g/mol. The molecule has 2 heterocycles. The summed E-state index contributed by atoms with van der Waals surface area (Å²) in [6.45, 7) is 1.80. The summed E-state index contributed by atoms with van der Waals surface area (Å²) in [5.41, 5.74) is 6.70. The lowest BCUT2D eigenvalue weighted by atomic mass is 9.98. The summed E-state index contributed by atoms with van der Waals surface area (Å²) in [4.78, 5) is 16.3. The minimum Gasteiger partial charge on any atom is -0.337 e. The molecular weight excluding hydrogens is 336 g/mol. The smallest absolute Gasteiger partial charge is 0.237 e. The Morgan fingerprint density at radius 3 is 2.41 bits per heavy atom. The number of benzene rings is 2. The van der Waals surface area contributed by atoms with Crippen LogP contribution in [0.25, 0.3) is 22.4 Å². The van der Waals surface area contributed by atoms with Crippen LogP contribution in [0.15, 0.2) is 54.6 Å². The lowest BCUT2D eigenvalue weighted by Crippen LogP contribution is -2.40. The number of hydrogen-bond donors (Lipinski definition) is 1. The minimum atomic E-state index is 0.164. The number of nitrogens with zero attached hydrogens (tertiary/aromatic N) is 3. The zero-order valence-electron chi connectivity index (χ0n) is 15.8. The molecule has 5 nitrogen and oxygen atoms in total. The molecule has 0 aliphatic carbocycles. The van der Waals surface area contributed by atoms with Gasteiger partial charge in [0.15, 0.2) is 0 Å². The SMILES string of the molecule is CN(C)CC(=O)N1CCc2[nH]nc(-c3ccc(-c4ccccc4)cc3)c2C1. The second-order valence-electron chi connectivity index (χ2n) is 7.28. The summed E-state index contributed by atoms with van der Waals surface area (Å²) in [7, 11) is 3.84. The van der Waals surface area contributed by atoms with Crippen LogP contribution in [0.4, 0.5) is 0 Å². The highest BCUT2D eigenvalue weighted by Crippen LogP contribution is 2.30. The van der Waals surface area contributed by atoms with Crippen LogP contribution in [0.5, 0.6) is 0 Å². The zero-order chi connectivity index (χ0) is 18.8. The zero-order valence-corrected chi connectivity index (χ0v) is 15.8. The van der Waals surface area contributed by atoms with E-state index >= 15 is 0 Å². The number of aromatic nitrogens is 2. The van der Waals surface area contributed by atoms with Gasteiger partial charge in [0, 0.05) is 36.3 Å². The van der Waals surface area contributed by atoms with E-state index in [1.165, 1.54) is 11.1 Å². The number of nitrogens with one attached hydrogen (secondary N) is 1. The first-order chi connectivity index (χ1) is 13.1. The lowest BCUT2D eigenvalue weighted by Gasteiger charge is -2.28. The van der Waals surface area contributed by atoms with Crippen LogP contribution >= 0.6 is 0 Å². The Hall–Kier alpha value is -2.92. The van der Waals surface area contributed by atoms with Gasteiger partial charge in [-0.25, -0.2) is 0 Å². The highest BCUT2D eigenvalue weighted by molar-refractivity contribution is 5.79. The molecule has 1 aliphatic rings. The normalized spacial score (nSPS) is 13.7. The van der Waals surface area contributed by atoms with Gasteiger partial charge in [0.05, 0.1) is 12.2 Å². The number of hydrogen-bond acceptors (Lipinski definition) is 3. The molecule has 1 N–H and O–H groups in total. The van der Waals surface area contributed by atoms with Gasteiger partial charge in [-0.05, 0) is 25.2 Å². The number of H-pyrrole nitrogens is 1. The largest absolute Gasteiger partial charge is 0.337 e. The third kappa shape index (κ3) is 3.64. The van der Waals surface area contributed by atoms with Gasteiger partial charge in [0.2, 0.25) is 5.91 Å². The molecule has 0 saturated heterocycles. The molecule has 138 valence electrons. The van der Waals surface area contributed by atoms with Gasteiger partial charge in [0.25, 0.3) is 0 Å². The first-order valence-electron chi connectivity index (χ1n) is 9.26. The Balaban J connectivity index is 1.58. The Morgan fingerprint density at radius 1 is 1.04 bits per heavy atom. The van der Waals surface area contributed by atoms with Gasteiger partial charge in [-0.15, -0.1) is 0 Å². The van der Waals surface area contributed by atoms with Crippen LogP contribution in [-0.2, 0) is 17.8 Å². The van der Waals surface area contributed by atoms with E-state index in [9.17, 15) is 4.79 Å². The predicted molar refractivity (Wildman–Crippen MR) is 107 cm³/mol. The molecule has 1 aliphatic heterocycles. The van der Waals surface area contributed by atoms with Gasteiger partial charge in [-0.3, -0.25) is 9.89 Å². The number of aromatic amines is 1. The summed E-state index contributed by atoms with van der Waals surface area (Å²) in [6, 6.07) is 18.8. The summed E-state index contributed by atoms with van der Waals surface area (Å²) in [6.07, 6.45) is 0.823. The summed E-state index contributed by atoms with van der Waals surface area (Å²) in [5.74, 6) is 0.164. The maximum atomic E-state index is 12.4. The fourth-order valence-corrected chi connectivity index (χ4v) is 3.57. The van der Waals surface area contributed by atoms with Gasteiger partial charge >= 0.3 is 0 Å². The van der Waals surface area contributed by atoms with E-state index in [1.54, 1.807) is 0 Å². The number of amides is 1. The fourth-order valence-electron chi connectivity index (χ4n) is 3.57. The van der Waals surface area contributed by atoms with Crippen molar-refractivity contribution in [2.75, 3.05) is 27.2 Å². The second kappa shape index (κ2) is 7.37. The molecule has 0 atom stereocenters. The molecule has 0 fully saturated rings. The average Bonchev–Trinajstić information content (AvgIpc) is 3.11. The molecule has 27 heavy (non-hydrogen) atoms. The van der Waals surface area contributed by atoms with E-state index in [4.69, 9.17) is 0 Å². The first kappa shape index (κ1) is 17.5. The third-order valence-electron chi connectivity index (χ3n) is 5.00. The molecule has 0 radical (unpaired) electrons. The van der Waals surface area contributed by atoms with Crippen molar-refractivity contribution in [3.8, 4) is 22.4 Å². The first-order valence-corrected chi connectivity index (χ1v) is 9.26. The fraction of sp³-hybridized carbons (Fsp3) is 0.273. The lowest BCUT2D eigenvalue weighted by molar-refractivity contribution is -0.132. The number of carbonyl (C=O) groups excluding carboxylic acids is 1. The molecule has 5 heteroatoms. The van der Waals surface area contributed by atoms with Crippen molar-refractivity contribution in [2.24, 2.45) is 0 Å². The number of rotatable bonds is 4. The molecule has 2 aromatic carbocycles. The van der Waals surface area contributed by atoms with Crippen LogP contribution < -0.4 is 0 Å². The molecule has 1 aromatic heterocycles. The number of carbonyl (C=O) groups is 1. The summed E-state index contributed by atoms with van der Waals surface area (Å²) >= 11 is 0. The Kier molecular flexibility index (Phi) is 4.77. The topological polar surface area (TPSA) is 52.2 Å². The van der Waals surface area contributed by atoms with E-state index in [-0.39, 0.29) is 5.91 Å². The number of likely N-dealkylation sites (N-methyl/N-ethyl adjacent to an activating group) is 1. The Bertz CT molecular complexity index is 929. The van der Waals surface area contributed by atoms with E-state index < -0.39 is 0 Å². The molecule has 0 spiro atoms. The van der Waals surface area contributed by atoms with E-state index in [2.05, 4.69) is 46.6 Å². The highest BCUT2D eigenvalue weighted by Gasteiger charge is 2.25. The third-order valence-corrected chi connectivity index (χ3v) is 5.00. The van der Waals surface area contributed by atoms with Crippen LogP contribution in [0.1, 0.15) is 11.3 Å². The van der Waals surface area contributed by atoms with Crippen molar-refractivity contribution in [1.29, 1.82) is 0 Å². The van der Waals surface area contributed by atoms with Crippen molar-refractivity contribution in [2.45, 2.75) is 13.0 Å². The van der Waals surface area contributed by atoms with E-state index in [0.717, 1.165) is 35.5 Å². The van der Waals surface area contributed by atoms with Gasteiger partial charge in [-0.2, -0.15) is 5.10 Å². The maximum absolute atomic E-state index is 12.4. The highest BCUT2D eigenvalue weighted by atomic mass is 16.2. The molecule has 3 aromatic rings. The number of fused-ring (bicyclic) bond motifs is 1. The van der Waals surface area contributed by atoms with Crippen molar-refractivity contribution in [3.05, 3.63) is 65.9 Å². The van der Waals surface area contributed by atoms with Crippen LogP contribution in [0.2, 0.25) is 0 Å². The van der Waals surface area contributed by atoms with Crippen molar-refractivity contribution in [1.82, 2.24) is 20.0 Å². The molecule has 4 rings (SSSR count). The molecule has 0 bridgehead atoms. The van der Waals surface area contributed by atoms with Gasteiger partial charge in [-0.1, -0.05) is 54.6 Å². The standard InChI is InChI=1S/C22H24N4O/c1-25(2)15-21(27)26-13-12-20-19(14-26)22(24-23-20)18-10-8-17(9-11-18)16-6-4-3-5-7-16/h3-11H,12-15H2,1-2H3,(H,23,24). The monoisotopic (exact) mass is 360 g/mol. The Labute approximate surface area is 159 Å². The van der Waals surface area contributed by atoms with Gasteiger partial charge in [0.1, 0.15) is 0 Å². The van der Waals surface area contributed by atoms with Gasteiger partial charge < -0.3 is 9.80 Å². The van der Waals surface area contributed by atoms with Crippen LogP contribution in [-0.4, -0.2) is 53.1 Å². The molecule has 0 unspecified atom stereocenters.